The van der Waals surface area contributed by atoms with E-state index in [0.29, 0.717) is 29.4 Å². The number of phosphoric ester groups is 1. The van der Waals surface area contributed by atoms with Gasteiger partial charge >= 0.3 is 7.82 Å². The second-order valence-electron chi connectivity index (χ2n) is 20.8. The third-order valence-electron chi connectivity index (χ3n) is 17.2. The number of fused-ring (bicyclic) bond motifs is 5. The van der Waals surface area contributed by atoms with E-state index in [1.54, 1.807) is 12.1 Å². The normalized spacial score (nSPS) is 48.5. The zero-order chi connectivity index (χ0) is 41.9. The molecule has 9 aliphatic heterocycles. The zero-order valence-corrected chi connectivity index (χ0v) is 37.6. The predicted molar refractivity (Wildman–Crippen MR) is 221 cm³/mol. The first-order valence-electron chi connectivity index (χ1n) is 23.5. The van der Waals surface area contributed by atoms with Gasteiger partial charge in [-0.3, -0.25) is 9.05 Å². The first-order chi connectivity index (χ1) is 29.3. The third-order valence-corrected chi connectivity index (χ3v) is 18.5. The van der Waals surface area contributed by atoms with Gasteiger partial charge in [0.15, 0.2) is 23.8 Å². The smallest absolute Gasteiger partial charge is 0.404 e. The van der Waals surface area contributed by atoms with Crippen LogP contribution >= 0.6 is 7.82 Å². The van der Waals surface area contributed by atoms with Crippen molar-refractivity contribution >= 4 is 7.82 Å². The lowest BCUT2D eigenvalue weighted by Gasteiger charge is -2.60. The molecule has 8 saturated heterocycles. The molecule has 2 aromatic carbocycles. The molecule has 0 N–H and O–H groups in total. The summed E-state index contributed by atoms with van der Waals surface area (Å²) in [5.74, 6) is 1.52. The van der Waals surface area contributed by atoms with Crippen molar-refractivity contribution in [1.29, 1.82) is 0 Å². The first kappa shape index (κ1) is 41.8. The van der Waals surface area contributed by atoms with Crippen molar-refractivity contribution in [3.8, 4) is 5.75 Å². The summed E-state index contributed by atoms with van der Waals surface area (Å²) < 4.78 is 59.3. The predicted octanol–water partition coefficient (Wildman–Crippen LogP) is 10.3. The van der Waals surface area contributed by atoms with Gasteiger partial charge in [0.2, 0.25) is 11.6 Å². The lowest BCUT2D eigenvalue weighted by molar-refractivity contribution is -0.571. The van der Waals surface area contributed by atoms with Crippen LogP contribution in [0.4, 0.5) is 0 Å². The Balaban J connectivity index is 0.869. The highest BCUT2D eigenvalue weighted by Gasteiger charge is 2.70. The molecule has 0 amide bonds. The van der Waals surface area contributed by atoms with Crippen LogP contribution in [0.1, 0.15) is 128 Å². The Bertz CT molecular complexity index is 1900. The van der Waals surface area contributed by atoms with Gasteiger partial charge in [-0.2, -0.15) is 0 Å². The molecular weight excluding hydrogens is 799 g/mol. The fraction of sp³-hybridized carbons (Fsp3) is 0.750. The molecule has 16 atom stereocenters. The minimum Gasteiger partial charge on any atom is -0.404 e. The van der Waals surface area contributed by atoms with Crippen molar-refractivity contribution in [2.75, 3.05) is 0 Å². The molecule has 2 saturated carbocycles. The van der Waals surface area contributed by atoms with Gasteiger partial charge in [0.1, 0.15) is 5.75 Å². The number of benzene rings is 2. The van der Waals surface area contributed by atoms with Crippen molar-refractivity contribution < 1.29 is 56.6 Å². The molecule has 10 fully saturated rings. The Morgan fingerprint density at radius 3 is 1.57 bits per heavy atom. The van der Waals surface area contributed by atoms with Gasteiger partial charge in [0.05, 0.1) is 25.4 Å². The molecule has 11 aliphatic rings. The maximum absolute atomic E-state index is 13.9. The fourth-order valence-electron chi connectivity index (χ4n) is 13.7. The molecule has 13 rings (SSSR count). The SMILES string of the molecule is C[C@H]1[C@@H](CCc2cc3c(cc2CC[C@H]2O[C@@H]4O[C@]5(C)CC[C@H]6[C@H](C)CC[C@@H]([C@H]2C)[C@@]46OO5)COP(=O)(Oc2ccccc2)OC3)O[C@@H]2O[C@]3(C)CC[C@H]4[C@H](C)CC[C@@H]1[C@@]24OO3. The van der Waals surface area contributed by atoms with E-state index >= 15 is 0 Å². The molecule has 9 heterocycles. The quantitative estimate of drug-likeness (QED) is 0.186. The number of para-hydroxylation sites is 1. The van der Waals surface area contributed by atoms with Crippen molar-refractivity contribution in [2.45, 2.75) is 179 Å². The van der Waals surface area contributed by atoms with E-state index < -0.39 is 43.2 Å². The largest absolute Gasteiger partial charge is 0.530 e. The molecule has 0 unspecified atom stereocenters. The van der Waals surface area contributed by atoms with Crippen LogP contribution in [0.15, 0.2) is 42.5 Å². The Labute approximate surface area is 360 Å². The van der Waals surface area contributed by atoms with Crippen LogP contribution in [0.5, 0.6) is 5.75 Å². The van der Waals surface area contributed by atoms with E-state index in [-0.39, 0.29) is 49.1 Å². The second-order valence-corrected chi connectivity index (χ2v) is 22.3. The Hall–Kier alpha value is -1.93. The molecule has 4 bridgehead atoms. The number of hydrogen-bond donors (Lipinski definition) is 0. The maximum atomic E-state index is 13.9. The van der Waals surface area contributed by atoms with Crippen LogP contribution in [-0.4, -0.2) is 47.6 Å². The van der Waals surface area contributed by atoms with Gasteiger partial charge in [-0.1, -0.05) is 58.0 Å². The molecule has 0 aromatic heterocycles. The highest BCUT2D eigenvalue weighted by atomic mass is 31.2. The topological polar surface area (TPSA) is 119 Å². The van der Waals surface area contributed by atoms with E-state index in [4.69, 9.17) is 52.1 Å². The maximum Gasteiger partial charge on any atom is 0.530 e. The van der Waals surface area contributed by atoms with Crippen LogP contribution in [-0.2, 0) is 78.2 Å². The summed E-state index contributed by atoms with van der Waals surface area (Å²) in [4.78, 5) is 25.1. The minimum absolute atomic E-state index is 0.0297. The Morgan fingerprint density at radius 1 is 0.623 bits per heavy atom. The first-order valence-corrected chi connectivity index (χ1v) is 24.9. The standard InChI is InChI=1S/C48H65O12P/c1-28-12-16-39-30(3)41(52-43-47(39)37(28)20-22-45(5,54-43)57-59-47)18-14-32-24-34-26-50-61(49,56-36-10-8-7-9-11-36)51-27-35(34)25-33(32)15-19-42-31(4)40-17-13-29(2)38-21-23-46(6)55-44(53-42)48(38,40)60-58-46/h7-11,24-25,28-31,37-44H,12-23,26-27H2,1-6H3/t28-,29-,30-,31-,37+,38+,39+,40+,41-,42-,43-,44-,45+,46+,47-,48-/m1/s1. The van der Waals surface area contributed by atoms with Crippen LogP contribution in [0.25, 0.3) is 0 Å². The van der Waals surface area contributed by atoms with Crippen LogP contribution in [0.3, 0.4) is 0 Å². The van der Waals surface area contributed by atoms with Crippen molar-refractivity contribution in [1.82, 2.24) is 0 Å². The minimum atomic E-state index is -3.88. The number of phosphoric acid groups is 1. The summed E-state index contributed by atoms with van der Waals surface area (Å²) in [5, 5.41) is 0. The fourth-order valence-corrected chi connectivity index (χ4v) is 14.9. The van der Waals surface area contributed by atoms with Gasteiger partial charge in [0.25, 0.3) is 0 Å². The van der Waals surface area contributed by atoms with Gasteiger partial charge in [0, 0.05) is 24.7 Å². The molecule has 2 aliphatic carbocycles. The highest BCUT2D eigenvalue weighted by molar-refractivity contribution is 7.48. The lowest BCUT2D eigenvalue weighted by Crippen LogP contribution is -2.70. The van der Waals surface area contributed by atoms with Crippen molar-refractivity contribution in [3.63, 3.8) is 0 Å². The van der Waals surface area contributed by atoms with Crippen LogP contribution < -0.4 is 4.52 Å². The zero-order valence-electron chi connectivity index (χ0n) is 36.7. The molecule has 61 heavy (non-hydrogen) atoms. The van der Waals surface area contributed by atoms with Gasteiger partial charge < -0.3 is 23.5 Å². The highest BCUT2D eigenvalue weighted by Crippen LogP contribution is 2.63. The average Bonchev–Trinajstić information content (AvgIpc) is 3.69. The molecule has 0 radical (unpaired) electrons. The van der Waals surface area contributed by atoms with Crippen molar-refractivity contribution in [3.05, 3.63) is 64.7 Å². The molecule has 2 aromatic rings. The Morgan fingerprint density at radius 2 is 1.10 bits per heavy atom. The van der Waals surface area contributed by atoms with E-state index in [9.17, 15) is 4.57 Å². The molecule has 13 heteroatoms. The summed E-state index contributed by atoms with van der Waals surface area (Å²) >= 11 is 0. The molecule has 2 spiro atoms. The summed E-state index contributed by atoms with van der Waals surface area (Å²) in [7, 11) is -3.88. The average molecular weight is 865 g/mol. The summed E-state index contributed by atoms with van der Waals surface area (Å²) in [6.07, 6.45) is 10.3. The van der Waals surface area contributed by atoms with Gasteiger partial charge in [-0.05, 0) is 148 Å². The van der Waals surface area contributed by atoms with E-state index in [0.717, 1.165) is 75.3 Å². The van der Waals surface area contributed by atoms with Crippen molar-refractivity contribution in [2.24, 2.45) is 47.3 Å². The number of aryl methyl sites for hydroxylation is 2. The monoisotopic (exact) mass is 864 g/mol. The lowest BCUT2D eigenvalue weighted by atomic mass is 9.57. The number of ether oxygens (including phenoxy) is 4. The number of hydrogen-bond acceptors (Lipinski definition) is 12. The third kappa shape index (κ3) is 6.87. The summed E-state index contributed by atoms with van der Waals surface area (Å²) in [6.45, 7) is 13.6. The van der Waals surface area contributed by atoms with Crippen LogP contribution in [0, 0.1) is 47.3 Å². The second kappa shape index (κ2) is 15.3. The summed E-state index contributed by atoms with van der Waals surface area (Å²) in [6, 6.07) is 13.6. The van der Waals surface area contributed by atoms with Crippen LogP contribution in [0.2, 0.25) is 0 Å². The van der Waals surface area contributed by atoms with Gasteiger partial charge in [-0.25, -0.2) is 24.1 Å². The molecule has 12 nitrogen and oxygen atoms in total. The summed E-state index contributed by atoms with van der Waals surface area (Å²) in [5.41, 5.74) is 3.18. The number of rotatable bonds is 8. The molecule has 334 valence electrons. The van der Waals surface area contributed by atoms with E-state index in [1.807, 2.05) is 32.0 Å². The van der Waals surface area contributed by atoms with E-state index in [2.05, 4.69) is 39.8 Å². The van der Waals surface area contributed by atoms with Gasteiger partial charge in [-0.15, -0.1) is 0 Å². The molecular formula is C48H65O12P. The Kier molecular flexibility index (Phi) is 10.5. The van der Waals surface area contributed by atoms with E-state index in [1.165, 1.54) is 24.0 Å².